The molecule has 8 N–H and O–H groups in total. The second kappa shape index (κ2) is 5.93. The standard InChI is InChI=1S/C11H19NO9/c1-4(14)11(12)6(16)2-10(20,9(18)19)21-8(11)7(17)5(15)3-13/h5-8,13,15-17,20H,2-3,12H2,1H3,(H,18,19)/t5?,6-,7?,8-,10+,11+/m0/s1. The van der Waals surface area contributed by atoms with Crippen LogP contribution in [0, 0.1) is 0 Å². The van der Waals surface area contributed by atoms with Gasteiger partial charge in [-0.05, 0) is 6.92 Å². The van der Waals surface area contributed by atoms with Crippen molar-refractivity contribution in [1.29, 1.82) is 0 Å². The highest BCUT2D eigenvalue weighted by Crippen LogP contribution is 2.36. The van der Waals surface area contributed by atoms with Crippen LogP contribution in [0.3, 0.4) is 0 Å². The largest absolute Gasteiger partial charge is 0.477 e. The van der Waals surface area contributed by atoms with Crippen molar-refractivity contribution in [3.63, 3.8) is 0 Å². The van der Waals surface area contributed by atoms with Gasteiger partial charge in [0.1, 0.15) is 23.9 Å². The number of carboxylic acid groups (broad SMARTS) is 1. The fourth-order valence-corrected chi connectivity index (χ4v) is 2.21. The van der Waals surface area contributed by atoms with Gasteiger partial charge in [-0.2, -0.15) is 0 Å². The van der Waals surface area contributed by atoms with Gasteiger partial charge in [-0.15, -0.1) is 0 Å². The van der Waals surface area contributed by atoms with E-state index >= 15 is 0 Å². The van der Waals surface area contributed by atoms with E-state index in [0.717, 1.165) is 6.92 Å². The summed E-state index contributed by atoms with van der Waals surface area (Å²) in [5, 5.41) is 56.8. The first kappa shape index (κ1) is 17.9. The Bertz CT molecular complexity index is 430. The average Bonchev–Trinajstić information content (AvgIpc) is 2.40. The maximum Gasteiger partial charge on any atom is 0.364 e. The lowest BCUT2D eigenvalue weighted by molar-refractivity contribution is -0.303. The summed E-state index contributed by atoms with van der Waals surface area (Å²) < 4.78 is 4.80. The predicted octanol–water partition coefficient (Wildman–Crippen LogP) is -4.09. The van der Waals surface area contributed by atoms with Gasteiger partial charge in [0.2, 0.25) is 0 Å². The van der Waals surface area contributed by atoms with Gasteiger partial charge in [0.25, 0.3) is 5.79 Å². The summed E-state index contributed by atoms with van der Waals surface area (Å²) in [6, 6.07) is 0. The minimum absolute atomic E-state index is 0.850. The van der Waals surface area contributed by atoms with Gasteiger partial charge in [-0.3, -0.25) is 4.79 Å². The number of nitrogens with two attached hydrogens (primary N) is 1. The lowest BCUT2D eigenvalue weighted by atomic mass is 9.75. The zero-order valence-electron chi connectivity index (χ0n) is 11.2. The lowest BCUT2D eigenvalue weighted by Crippen LogP contribution is -2.75. The van der Waals surface area contributed by atoms with Crippen LogP contribution >= 0.6 is 0 Å². The van der Waals surface area contributed by atoms with Crippen molar-refractivity contribution < 1.29 is 45.0 Å². The van der Waals surface area contributed by atoms with Crippen LogP contribution < -0.4 is 5.73 Å². The third kappa shape index (κ3) is 2.92. The number of aliphatic carboxylic acids is 1. The van der Waals surface area contributed by atoms with Crippen molar-refractivity contribution >= 4 is 11.8 Å². The van der Waals surface area contributed by atoms with Crippen LogP contribution in [0.25, 0.3) is 0 Å². The summed E-state index contributed by atoms with van der Waals surface area (Å²) in [4.78, 5) is 22.7. The Morgan fingerprint density at radius 3 is 2.33 bits per heavy atom. The van der Waals surface area contributed by atoms with E-state index in [2.05, 4.69) is 0 Å². The van der Waals surface area contributed by atoms with Crippen LogP contribution in [0.1, 0.15) is 13.3 Å². The van der Waals surface area contributed by atoms with Crippen molar-refractivity contribution in [3.05, 3.63) is 0 Å². The highest BCUT2D eigenvalue weighted by Gasteiger charge is 2.61. The molecule has 1 saturated heterocycles. The zero-order valence-corrected chi connectivity index (χ0v) is 11.2. The molecule has 21 heavy (non-hydrogen) atoms. The van der Waals surface area contributed by atoms with E-state index in [4.69, 9.17) is 20.7 Å². The lowest BCUT2D eigenvalue weighted by Gasteiger charge is -2.49. The molecule has 0 saturated carbocycles. The molecule has 0 radical (unpaired) electrons. The minimum Gasteiger partial charge on any atom is -0.477 e. The van der Waals surface area contributed by atoms with Crippen LogP contribution in [-0.2, 0) is 14.3 Å². The van der Waals surface area contributed by atoms with Gasteiger partial charge < -0.3 is 41.1 Å². The van der Waals surface area contributed by atoms with Crippen LogP contribution in [0.4, 0.5) is 0 Å². The van der Waals surface area contributed by atoms with Gasteiger partial charge in [0, 0.05) is 6.42 Å². The van der Waals surface area contributed by atoms with Crippen molar-refractivity contribution in [2.24, 2.45) is 5.73 Å². The molecular formula is C11H19NO9. The van der Waals surface area contributed by atoms with Crippen LogP contribution in [0.2, 0.25) is 0 Å². The molecule has 10 heteroatoms. The first-order valence-electron chi connectivity index (χ1n) is 6.09. The molecule has 0 aromatic heterocycles. The quantitative estimate of drug-likeness (QED) is 0.262. The molecule has 0 aromatic carbocycles. The highest BCUT2D eigenvalue weighted by molar-refractivity contribution is 5.88. The van der Waals surface area contributed by atoms with E-state index < -0.39 is 60.5 Å². The highest BCUT2D eigenvalue weighted by atomic mass is 16.7. The Hall–Kier alpha value is -1.14. The van der Waals surface area contributed by atoms with E-state index in [1.807, 2.05) is 0 Å². The van der Waals surface area contributed by atoms with Gasteiger partial charge in [-0.1, -0.05) is 0 Å². The molecule has 1 aliphatic rings. The molecule has 0 amide bonds. The number of carboxylic acids is 1. The van der Waals surface area contributed by atoms with E-state index in [1.165, 1.54) is 0 Å². The maximum atomic E-state index is 11.7. The van der Waals surface area contributed by atoms with E-state index in [0.29, 0.717) is 0 Å². The number of hydrogen-bond acceptors (Lipinski definition) is 9. The molecule has 1 fully saturated rings. The molecule has 1 rings (SSSR count). The first-order valence-corrected chi connectivity index (χ1v) is 6.09. The van der Waals surface area contributed by atoms with Gasteiger partial charge >= 0.3 is 5.97 Å². The SMILES string of the molecule is CC(=O)[C@@]1(N)[C@@H](O)C[C@](O)(C(=O)O)O[C@H]1C(O)C(O)CO. The average molecular weight is 309 g/mol. The smallest absolute Gasteiger partial charge is 0.364 e. The summed E-state index contributed by atoms with van der Waals surface area (Å²) in [6.45, 7) is 0.0410. The normalized spacial score (nSPS) is 39.6. The predicted molar refractivity (Wildman–Crippen MR) is 64.8 cm³/mol. The minimum atomic E-state index is -2.89. The second-order valence-electron chi connectivity index (χ2n) is 5.08. The van der Waals surface area contributed by atoms with Crippen LogP contribution in [-0.4, -0.2) is 84.7 Å². The molecular weight excluding hydrogens is 290 g/mol. The summed E-state index contributed by atoms with van der Waals surface area (Å²) in [5.41, 5.74) is 3.47. The van der Waals surface area contributed by atoms with Crippen LogP contribution in [0.5, 0.6) is 0 Å². The van der Waals surface area contributed by atoms with Gasteiger partial charge in [0.05, 0.1) is 12.7 Å². The fourth-order valence-electron chi connectivity index (χ4n) is 2.21. The van der Waals surface area contributed by atoms with E-state index in [9.17, 15) is 30.0 Å². The number of carbonyl (C=O) groups is 2. The topological polar surface area (TPSA) is 191 Å². The first-order chi connectivity index (χ1) is 9.50. The summed E-state index contributed by atoms with van der Waals surface area (Å²) in [5.74, 6) is -5.60. The monoisotopic (exact) mass is 309 g/mol. The molecule has 1 aliphatic heterocycles. The third-order valence-corrected chi connectivity index (χ3v) is 3.65. The zero-order chi connectivity index (χ0) is 16.6. The van der Waals surface area contributed by atoms with Gasteiger partial charge in [0.15, 0.2) is 5.78 Å². The summed E-state index contributed by atoms with van der Waals surface area (Å²) >= 11 is 0. The number of ketones is 1. The van der Waals surface area contributed by atoms with Crippen LogP contribution in [0.15, 0.2) is 0 Å². The Balaban J connectivity index is 3.27. The molecule has 6 atom stereocenters. The van der Waals surface area contributed by atoms with Gasteiger partial charge in [-0.25, -0.2) is 4.79 Å². The molecule has 0 aliphatic carbocycles. The Morgan fingerprint density at radius 2 is 1.95 bits per heavy atom. The molecule has 1 heterocycles. The number of Topliss-reactive ketones (excluding diaryl/α,β-unsaturated/α-hetero) is 1. The maximum absolute atomic E-state index is 11.7. The molecule has 122 valence electrons. The fraction of sp³-hybridized carbons (Fsp3) is 0.818. The molecule has 0 bridgehead atoms. The van der Waals surface area contributed by atoms with E-state index in [-0.39, 0.29) is 0 Å². The molecule has 10 nitrogen and oxygen atoms in total. The Kier molecular flexibility index (Phi) is 5.05. The number of aliphatic hydroxyl groups is 5. The molecule has 2 unspecified atom stereocenters. The van der Waals surface area contributed by atoms with Crippen molar-refractivity contribution in [2.45, 2.75) is 49.1 Å². The summed E-state index contributed by atoms with van der Waals surface area (Å²) in [7, 11) is 0. The van der Waals surface area contributed by atoms with Crippen molar-refractivity contribution in [3.8, 4) is 0 Å². The Labute approximate surface area is 119 Å². The summed E-state index contributed by atoms with van der Waals surface area (Å²) in [6.07, 6.45) is -8.53. The number of rotatable bonds is 5. The van der Waals surface area contributed by atoms with E-state index in [1.54, 1.807) is 0 Å². The molecule has 0 aromatic rings. The third-order valence-electron chi connectivity index (χ3n) is 3.65. The number of ether oxygens (including phenoxy) is 1. The van der Waals surface area contributed by atoms with Crippen molar-refractivity contribution in [2.75, 3.05) is 6.61 Å². The number of hydrogen-bond donors (Lipinski definition) is 7. The number of carbonyl (C=O) groups excluding carboxylic acids is 1. The molecule has 0 spiro atoms. The Morgan fingerprint density at radius 1 is 1.43 bits per heavy atom. The van der Waals surface area contributed by atoms with Crippen molar-refractivity contribution in [1.82, 2.24) is 0 Å². The number of aliphatic hydroxyl groups excluding tert-OH is 4. The second-order valence-corrected chi connectivity index (χ2v) is 5.08.